The third-order valence-electron chi connectivity index (χ3n) is 9.04. The summed E-state index contributed by atoms with van der Waals surface area (Å²) in [5.74, 6) is 1.14. The molecule has 0 radical (unpaired) electrons. The van der Waals surface area contributed by atoms with Gasteiger partial charge in [-0.25, -0.2) is 14.4 Å². The van der Waals surface area contributed by atoms with Crippen molar-refractivity contribution in [1.82, 2.24) is 14.9 Å². The van der Waals surface area contributed by atoms with E-state index in [1.807, 2.05) is 27.7 Å². The van der Waals surface area contributed by atoms with Crippen LogP contribution >= 0.6 is 0 Å². The molecule has 1 spiro atoms. The highest BCUT2D eigenvalue weighted by atomic mass is 19.1. The normalized spacial score (nSPS) is 22.4. The molecule has 1 aromatic heterocycles. The van der Waals surface area contributed by atoms with Crippen LogP contribution in [0.4, 0.5) is 15.9 Å². The second-order valence-electron chi connectivity index (χ2n) is 12.8. The summed E-state index contributed by atoms with van der Waals surface area (Å²) in [7, 11) is 0. The number of aromatic nitrogens is 2. The number of likely N-dealkylation sites (tertiary alicyclic amines) is 1. The van der Waals surface area contributed by atoms with Crippen LogP contribution in [0.5, 0.6) is 11.5 Å². The number of rotatable bonds is 7. The number of benzene rings is 2. The third-order valence-corrected chi connectivity index (χ3v) is 9.04. The van der Waals surface area contributed by atoms with Gasteiger partial charge in [0.2, 0.25) is 5.91 Å². The summed E-state index contributed by atoms with van der Waals surface area (Å²) in [5.41, 5.74) is 3.27. The third kappa shape index (κ3) is 5.17. The molecule has 0 bridgehead atoms. The van der Waals surface area contributed by atoms with Crippen LogP contribution in [0.15, 0.2) is 48.9 Å². The maximum Gasteiger partial charge on any atom is 0.234 e. The number of hydrogen-bond donors (Lipinski definition) is 2. The van der Waals surface area contributed by atoms with E-state index in [9.17, 15) is 14.3 Å². The van der Waals surface area contributed by atoms with Gasteiger partial charge in [0.05, 0.1) is 17.7 Å². The molecule has 9 heteroatoms. The molecule has 2 atom stereocenters. The molecule has 2 N–H and O–H groups in total. The van der Waals surface area contributed by atoms with Crippen molar-refractivity contribution in [3.8, 4) is 11.5 Å². The number of nitrogens with one attached hydrogen (secondary N) is 1. The lowest BCUT2D eigenvalue weighted by molar-refractivity contribution is -0.119. The van der Waals surface area contributed by atoms with E-state index in [1.165, 1.54) is 24.0 Å². The van der Waals surface area contributed by atoms with Gasteiger partial charge in [-0.05, 0) is 74.5 Å². The molecule has 2 unspecified atom stereocenters. The highest BCUT2D eigenvalue weighted by Gasteiger charge is 2.44. The molecule has 2 fully saturated rings. The van der Waals surface area contributed by atoms with Gasteiger partial charge in [-0.3, -0.25) is 9.69 Å². The lowest BCUT2D eigenvalue weighted by Gasteiger charge is -2.26. The van der Waals surface area contributed by atoms with E-state index >= 15 is 0 Å². The van der Waals surface area contributed by atoms with Gasteiger partial charge in [-0.15, -0.1) is 0 Å². The van der Waals surface area contributed by atoms with Gasteiger partial charge in [-0.2, -0.15) is 0 Å². The summed E-state index contributed by atoms with van der Waals surface area (Å²) in [6, 6.07) is 10.6. The summed E-state index contributed by atoms with van der Waals surface area (Å²) >= 11 is 0. The smallest absolute Gasteiger partial charge is 0.234 e. The van der Waals surface area contributed by atoms with Crippen molar-refractivity contribution < 1.29 is 19.0 Å². The molecular weight excluding hydrogens is 521 g/mol. The Hall–Kier alpha value is -3.56. The van der Waals surface area contributed by atoms with Crippen molar-refractivity contribution in [1.29, 1.82) is 0 Å². The Morgan fingerprint density at radius 3 is 2.71 bits per heavy atom. The van der Waals surface area contributed by atoms with Crippen molar-refractivity contribution >= 4 is 17.4 Å². The molecule has 3 aliphatic heterocycles. The fraction of sp³-hybridized carbons (Fsp3) is 0.469. The number of ether oxygens (including phenoxy) is 1. The Balaban J connectivity index is 1.15. The number of aliphatic hydroxyl groups is 1. The first-order chi connectivity index (χ1) is 19.5. The lowest BCUT2D eigenvalue weighted by Crippen LogP contribution is -2.31. The first-order valence-corrected chi connectivity index (χ1v) is 14.4. The highest BCUT2D eigenvalue weighted by Crippen LogP contribution is 2.44. The monoisotopic (exact) mass is 559 g/mol. The van der Waals surface area contributed by atoms with Crippen molar-refractivity contribution in [3.63, 3.8) is 0 Å². The maximum atomic E-state index is 14.1. The van der Waals surface area contributed by atoms with Gasteiger partial charge in [0, 0.05) is 42.8 Å². The summed E-state index contributed by atoms with van der Waals surface area (Å²) in [6.07, 6.45) is 4.45. The first kappa shape index (κ1) is 27.6. The number of carbonyl (C=O) groups is 1. The molecule has 3 aromatic rings. The molecular formula is C32H38FN5O3. The number of hydrogen-bond acceptors (Lipinski definition) is 7. The van der Waals surface area contributed by atoms with Gasteiger partial charge in [0.1, 0.15) is 17.9 Å². The van der Waals surface area contributed by atoms with Gasteiger partial charge in [0.15, 0.2) is 11.6 Å². The molecule has 1 amide bonds. The van der Waals surface area contributed by atoms with Crippen LogP contribution in [-0.4, -0.2) is 52.1 Å². The maximum absolute atomic E-state index is 14.1. The molecule has 216 valence electrons. The van der Waals surface area contributed by atoms with Gasteiger partial charge in [0.25, 0.3) is 0 Å². The van der Waals surface area contributed by atoms with Gasteiger partial charge >= 0.3 is 0 Å². The van der Waals surface area contributed by atoms with Gasteiger partial charge < -0.3 is 20.1 Å². The highest BCUT2D eigenvalue weighted by molar-refractivity contribution is 6.05. The summed E-state index contributed by atoms with van der Waals surface area (Å²) in [6.45, 7) is 12.3. The van der Waals surface area contributed by atoms with Crippen molar-refractivity contribution in [2.24, 2.45) is 11.3 Å². The Morgan fingerprint density at radius 1 is 1.10 bits per heavy atom. The largest absolute Gasteiger partial charge is 0.451 e. The van der Waals surface area contributed by atoms with E-state index in [0.29, 0.717) is 22.9 Å². The molecule has 4 heterocycles. The molecule has 0 saturated carbocycles. The van der Waals surface area contributed by atoms with E-state index in [0.717, 1.165) is 56.8 Å². The van der Waals surface area contributed by atoms with E-state index < -0.39 is 17.3 Å². The number of anilines is 2. The Kier molecular flexibility index (Phi) is 6.98. The van der Waals surface area contributed by atoms with Crippen LogP contribution in [0.25, 0.3) is 0 Å². The zero-order valence-corrected chi connectivity index (χ0v) is 24.2. The van der Waals surface area contributed by atoms with Crippen LogP contribution in [0, 0.1) is 17.2 Å². The van der Waals surface area contributed by atoms with Crippen molar-refractivity contribution in [3.05, 3.63) is 71.4 Å². The number of aliphatic hydroxyl groups excluding tert-OH is 1. The number of amides is 1. The lowest BCUT2D eigenvalue weighted by atomic mass is 9.86. The van der Waals surface area contributed by atoms with Crippen LogP contribution in [0.2, 0.25) is 0 Å². The molecule has 3 aliphatic rings. The fourth-order valence-corrected chi connectivity index (χ4v) is 6.55. The predicted octanol–water partition coefficient (Wildman–Crippen LogP) is 5.43. The second kappa shape index (κ2) is 10.4. The molecule has 41 heavy (non-hydrogen) atoms. The van der Waals surface area contributed by atoms with Crippen LogP contribution in [0.1, 0.15) is 63.3 Å². The predicted molar refractivity (Wildman–Crippen MR) is 156 cm³/mol. The summed E-state index contributed by atoms with van der Waals surface area (Å²) < 4.78 is 20.3. The van der Waals surface area contributed by atoms with Crippen LogP contribution < -0.4 is 15.0 Å². The average molecular weight is 560 g/mol. The zero-order valence-electron chi connectivity index (χ0n) is 24.2. The fourth-order valence-electron chi connectivity index (χ4n) is 6.55. The number of halogens is 1. The van der Waals surface area contributed by atoms with Crippen LogP contribution in [0.3, 0.4) is 0 Å². The average Bonchev–Trinajstić information content (AvgIpc) is 3.60. The first-order valence-electron chi connectivity index (χ1n) is 14.4. The Morgan fingerprint density at radius 2 is 1.90 bits per heavy atom. The minimum atomic E-state index is -0.860. The number of nitrogens with zero attached hydrogens (tertiary/aromatic N) is 4. The number of carbonyl (C=O) groups excluding carboxylic acids is 1. The van der Waals surface area contributed by atoms with E-state index in [1.54, 1.807) is 12.3 Å². The topological polar surface area (TPSA) is 90.8 Å². The van der Waals surface area contributed by atoms with E-state index in [2.05, 4.69) is 43.3 Å². The Labute approximate surface area is 240 Å². The van der Waals surface area contributed by atoms with Gasteiger partial charge in [-0.1, -0.05) is 26.0 Å². The summed E-state index contributed by atoms with van der Waals surface area (Å²) in [4.78, 5) is 25.9. The van der Waals surface area contributed by atoms with E-state index in [4.69, 9.17) is 4.74 Å². The Bertz CT molecular complexity index is 1480. The molecule has 2 aromatic carbocycles. The minimum Gasteiger partial charge on any atom is -0.451 e. The SMILES string of the molecule is CC(C)C(O)c1cc(F)ccc1Oc1cncnc1N1CCC2(CCN(Cc3ccc4c(c3)NC(=O)C4(C)C)C2)C1. The molecule has 0 aliphatic carbocycles. The van der Waals surface area contributed by atoms with E-state index in [-0.39, 0.29) is 17.2 Å². The minimum absolute atomic E-state index is 0.0515. The van der Waals surface area contributed by atoms with Crippen LogP contribution in [-0.2, 0) is 16.8 Å². The number of fused-ring (bicyclic) bond motifs is 1. The summed E-state index contributed by atoms with van der Waals surface area (Å²) in [5, 5.41) is 13.7. The van der Waals surface area contributed by atoms with Crippen molar-refractivity contribution in [2.45, 2.75) is 58.6 Å². The standard InChI is InChI=1S/C32H38FN5O3/c1-20(2)28(39)23-14-22(33)6-8-26(23)41-27-15-34-19-35-29(27)38-12-10-32(18-38)9-11-37(17-32)16-21-5-7-24-25(13-21)36-30(40)31(24,3)4/h5-8,13-15,19-20,28,39H,9-12,16-18H2,1-4H3,(H,36,40). The molecule has 2 saturated heterocycles. The quantitative estimate of drug-likeness (QED) is 0.399. The zero-order chi connectivity index (χ0) is 28.9. The molecule has 6 rings (SSSR count). The second-order valence-corrected chi connectivity index (χ2v) is 12.8. The van der Waals surface area contributed by atoms with Crippen molar-refractivity contribution in [2.75, 3.05) is 36.4 Å². The molecule has 8 nitrogen and oxygen atoms in total.